The molecule has 3 heterocycles. The van der Waals surface area contributed by atoms with E-state index in [1.807, 2.05) is 49.1 Å². The molecule has 0 spiro atoms. The molecule has 0 amide bonds. The molecular weight excluding hydrogens is 322 g/mol. The largest absolute Gasteiger partial charge is 0.343 e. The first-order chi connectivity index (χ1) is 12.8. The first-order valence-electron chi connectivity index (χ1n) is 8.78. The molecule has 1 aromatic carbocycles. The molecular formula is C21H21N5. The van der Waals surface area contributed by atoms with Gasteiger partial charge in [0, 0.05) is 24.2 Å². The number of imidazole rings is 2. The first kappa shape index (κ1) is 16.3. The molecule has 0 unspecified atom stereocenters. The number of pyridine rings is 1. The lowest BCUT2D eigenvalue weighted by molar-refractivity contribution is 0.430. The molecule has 4 rings (SSSR count). The lowest BCUT2D eigenvalue weighted by atomic mass is 9.99. The fraction of sp³-hybridized carbons (Fsp3) is 0.190. The summed E-state index contributed by atoms with van der Waals surface area (Å²) in [6, 6.07) is 16.3. The van der Waals surface area contributed by atoms with Crippen LogP contribution in [0.5, 0.6) is 0 Å². The van der Waals surface area contributed by atoms with E-state index < -0.39 is 0 Å². The summed E-state index contributed by atoms with van der Waals surface area (Å²) in [5, 5.41) is 0. The molecule has 0 saturated heterocycles. The Hall–Kier alpha value is -3.21. The number of rotatable bonds is 5. The van der Waals surface area contributed by atoms with Gasteiger partial charge in [-0.25, -0.2) is 9.97 Å². The van der Waals surface area contributed by atoms with Crippen molar-refractivity contribution in [2.45, 2.75) is 19.9 Å². The van der Waals surface area contributed by atoms with E-state index in [4.69, 9.17) is 4.98 Å². The zero-order chi connectivity index (χ0) is 17.9. The topological polar surface area (TPSA) is 59.4 Å². The normalized spacial score (nSPS) is 12.4. The third kappa shape index (κ3) is 2.92. The molecule has 0 aliphatic rings. The Morgan fingerprint density at radius 2 is 1.69 bits per heavy atom. The Morgan fingerprint density at radius 1 is 0.885 bits per heavy atom. The number of nitrogens with one attached hydrogen (secondary N) is 1. The predicted octanol–water partition coefficient (Wildman–Crippen LogP) is 4.58. The summed E-state index contributed by atoms with van der Waals surface area (Å²) in [4.78, 5) is 17.1. The number of aromatic nitrogens is 5. The van der Waals surface area contributed by atoms with E-state index in [9.17, 15) is 0 Å². The van der Waals surface area contributed by atoms with E-state index in [1.54, 1.807) is 6.20 Å². The Labute approximate surface area is 152 Å². The molecule has 0 aliphatic carbocycles. The second-order valence-electron chi connectivity index (χ2n) is 6.60. The van der Waals surface area contributed by atoms with Crippen LogP contribution in [0, 0.1) is 5.92 Å². The summed E-state index contributed by atoms with van der Waals surface area (Å²) in [6.07, 6.45) is 7.35. The van der Waals surface area contributed by atoms with E-state index in [2.05, 4.69) is 51.6 Å². The van der Waals surface area contributed by atoms with Gasteiger partial charge in [0.1, 0.15) is 5.69 Å². The lowest BCUT2D eigenvalue weighted by Gasteiger charge is -2.24. The monoisotopic (exact) mass is 343 g/mol. The molecule has 5 nitrogen and oxygen atoms in total. The van der Waals surface area contributed by atoms with Gasteiger partial charge in [0.05, 0.1) is 23.8 Å². The van der Waals surface area contributed by atoms with Crippen LogP contribution >= 0.6 is 0 Å². The second kappa shape index (κ2) is 6.96. The van der Waals surface area contributed by atoms with Gasteiger partial charge in [0.2, 0.25) is 0 Å². The molecule has 26 heavy (non-hydrogen) atoms. The standard InChI is InChI=1S/C21H21N5/c1-15(2)19(17-10-6-7-11-22-17)26-14-25-18(16-8-4-3-5-9-16)20(26)21-23-12-13-24-21/h3-15,19H,1-2H3,(H,23,24)/t19-/m1/s1. The minimum Gasteiger partial charge on any atom is -0.343 e. The van der Waals surface area contributed by atoms with Gasteiger partial charge in [-0.3, -0.25) is 4.98 Å². The van der Waals surface area contributed by atoms with Gasteiger partial charge in [-0.05, 0) is 18.1 Å². The minimum atomic E-state index is 0.0706. The van der Waals surface area contributed by atoms with Crippen LogP contribution in [0.15, 0.2) is 73.4 Å². The van der Waals surface area contributed by atoms with Crippen LogP contribution in [-0.4, -0.2) is 24.5 Å². The number of nitrogens with zero attached hydrogens (tertiary/aromatic N) is 4. The predicted molar refractivity (Wildman–Crippen MR) is 102 cm³/mol. The Balaban J connectivity index is 1.93. The van der Waals surface area contributed by atoms with Gasteiger partial charge in [0.15, 0.2) is 5.82 Å². The van der Waals surface area contributed by atoms with Crippen molar-refractivity contribution in [3.63, 3.8) is 0 Å². The fourth-order valence-corrected chi connectivity index (χ4v) is 3.36. The SMILES string of the molecule is CC(C)[C@H](c1ccccn1)n1cnc(-c2ccccc2)c1-c1ncc[nH]1. The molecule has 0 bridgehead atoms. The van der Waals surface area contributed by atoms with Crippen LogP contribution in [0.2, 0.25) is 0 Å². The molecule has 1 N–H and O–H groups in total. The van der Waals surface area contributed by atoms with Crippen molar-refractivity contribution in [2.24, 2.45) is 5.92 Å². The van der Waals surface area contributed by atoms with Gasteiger partial charge in [0.25, 0.3) is 0 Å². The Kier molecular flexibility index (Phi) is 4.35. The van der Waals surface area contributed by atoms with Crippen LogP contribution in [0.25, 0.3) is 22.8 Å². The second-order valence-corrected chi connectivity index (χ2v) is 6.60. The van der Waals surface area contributed by atoms with E-state index in [-0.39, 0.29) is 6.04 Å². The highest BCUT2D eigenvalue weighted by Gasteiger charge is 2.26. The van der Waals surface area contributed by atoms with Crippen LogP contribution in [0.3, 0.4) is 0 Å². The maximum atomic E-state index is 4.75. The number of hydrogen-bond acceptors (Lipinski definition) is 3. The average Bonchev–Trinajstić information content (AvgIpc) is 3.33. The first-order valence-corrected chi connectivity index (χ1v) is 8.78. The zero-order valence-electron chi connectivity index (χ0n) is 14.9. The maximum Gasteiger partial charge on any atom is 0.156 e. The van der Waals surface area contributed by atoms with Crippen molar-refractivity contribution in [1.29, 1.82) is 0 Å². The number of aromatic amines is 1. The molecule has 5 heteroatoms. The Morgan fingerprint density at radius 3 is 2.35 bits per heavy atom. The van der Waals surface area contributed by atoms with Crippen molar-refractivity contribution in [2.75, 3.05) is 0 Å². The van der Waals surface area contributed by atoms with Gasteiger partial charge in [-0.1, -0.05) is 50.2 Å². The highest BCUT2D eigenvalue weighted by Crippen LogP contribution is 2.35. The van der Waals surface area contributed by atoms with Crippen molar-refractivity contribution in [3.8, 4) is 22.8 Å². The van der Waals surface area contributed by atoms with Gasteiger partial charge in [-0.15, -0.1) is 0 Å². The minimum absolute atomic E-state index is 0.0706. The van der Waals surface area contributed by atoms with Crippen LogP contribution in [0.4, 0.5) is 0 Å². The summed E-state index contributed by atoms with van der Waals surface area (Å²) in [5.74, 6) is 1.15. The molecule has 4 aromatic rings. The Bertz CT molecular complexity index is 956. The number of benzene rings is 1. The van der Waals surface area contributed by atoms with E-state index >= 15 is 0 Å². The molecule has 0 saturated carbocycles. The summed E-state index contributed by atoms with van der Waals surface area (Å²) in [7, 11) is 0. The van der Waals surface area contributed by atoms with Gasteiger partial charge < -0.3 is 9.55 Å². The highest BCUT2D eigenvalue weighted by atomic mass is 15.1. The maximum absolute atomic E-state index is 4.75. The van der Waals surface area contributed by atoms with Crippen molar-refractivity contribution in [1.82, 2.24) is 24.5 Å². The molecule has 0 radical (unpaired) electrons. The summed E-state index contributed by atoms with van der Waals surface area (Å²) in [6.45, 7) is 4.40. The molecule has 0 aliphatic heterocycles. The molecule has 3 aromatic heterocycles. The van der Waals surface area contributed by atoms with Gasteiger partial charge in [-0.2, -0.15) is 0 Å². The summed E-state index contributed by atoms with van der Waals surface area (Å²) in [5.41, 5.74) is 3.99. The quantitative estimate of drug-likeness (QED) is 0.577. The third-order valence-corrected chi connectivity index (χ3v) is 4.49. The van der Waals surface area contributed by atoms with Crippen LogP contribution in [0.1, 0.15) is 25.6 Å². The average molecular weight is 343 g/mol. The number of hydrogen-bond donors (Lipinski definition) is 1. The lowest BCUT2D eigenvalue weighted by Crippen LogP contribution is -2.18. The number of H-pyrrole nitrogens is 1. The van der Waals surface area contributed by atoms with E-state index in [0.717, 1.165) is 28.5 Å². The summed E-state index contributed by atoms with van der Waals surface area (Å²) < 4.78 is 2.19. The van der Waals surface area contributed by atoms with Crippen molar-refractivity contribution < 1.29 is 0 Å². The van der Waals surface area contributed by atoms with Crippen molar-refractivity contribution >= 4 is 0 Å². The zero-order valence-corrected chi connectivity index (χ0v) is 14.9. The third-order valence-electron chi connectivity index (χ3n) is 4.49. The van der Waals surface area contributed by atoms with Crippen LogP contribution in [-0.2, 0) is 0 Å². The fourth-order valence-electron chi connectivity index (χ4n) is 3.36. The van der Waals surface area contributed by atoms with E-state index in [1.165, 1.54) is 0 Å². The van der Waals surface area contributed by atoms with Crippen LogP contribution < -0.4 is 0 Å². The molecule has 1 atom stereocenters. The summed E-state index contributed by atoms with van der Waals surface area (Å²) >= 11 is 0. The highest BCUT2D eigenvalue weighted by molar-refractivity contribution is 5.75. The smallest absolute Gasteiger partial charge is 0.156 e. The van der Waals surface area contributed by atoms with Crippen molar-refractivity contribution in [3.05, 3.63) is 79.1 Å². The van der Waals surface area contributed by atoms with E-state index in [0.29, 0.717) is 5.92 Å². The van der Waals surface area contributed by atoms with Gasteiger partial charge >= 0.3 is 0 Å². The molecule has 130 valence electrons. The molecule has 0 fully saturated rings.